The number of hydrogen-bond acceptors (Lipinski definition) is 3. The summed E-state index contributed by atoms with van der Waals surface area (Å²) in [7, 11) is 0. The fourth-order valence-electron chi connectivity index (χ4n) is 1.25. The Hall–Kier alpha value is -1.49. The standard InChI is InChI=1S/C10H10N2O2S/c1-7(10(13)14)15-9-4-2-3-8-11-5-6-12(8)9/h2-7H,1H3,(H,13,14). The lowest BCUT2D eigenvalue weighted by atomic mass is 10.5. The number of carboxylic acid groups (broad SMARTS) is 1. The van der Waals surface area contributed by atoms with Crippen LogP contribution in [0, 0.1) is 0 Å². The van der Waals surface area contributed by atoms with Crippen molar-refractivity contribution in [3.63, 3.8) is 0 Å². The first-order chi connectivity index (χ1) is 7.18. The van der Waals surface area contributed by atoms with Gasteiger partial charge in [0.25, 0.3) is 0 Å². The van der Waals surface area contributed by atoms with Crippen molar-refractivity contribution in [3.8, 4) is 0 Å². The molecule has 15 heavy (non-hydrogen) atoms. The summed E-state index contributed by atoms with van der Waals surface area (Å²) in [6, 6.07) is 5.65. The number of aromatic nitrogens is 2. The van der Waals surface area contributed by atoms with Gasteiger partial charge in [-0.1, -0.05) is 17.8 Å². The molecule has 5 heteroatoms. The summed E-state index contributed by atoms with van der Waals surface area (Å²) in [6.45, 7) is 1.67. The van der Waals surface area contributed by atoms with Crippen LogP contribution in [0.2, 0.25) is 0 Å². The Bertz CT molecular complexity index is 495. The van der Waals surface area contributed by atoms with Crippen molar-refractivity contribution in [2.24, 2.45) is 0 Å². The van der Waals surface area contributed by atoms with Crippen LogP contribution in [0.1, 0.15) is 6.92 Å². The van der Waals surface area contributed by atoms with Gasteiger partial charge in [0.2, 0.25) is 0 Å². The molecule has 0 radical (unpaired) electrons. The fourth-order valence-corrected chi connectivity index (χ4v) is 2.14. The summed E-state index contributed by atoms with van der Waals surface area (Å²) in [6.07, 6.45) is 3.52. The van der Waals surface area contributed by atoms with E-state index < -0.39 is 11.2 Å². The number of carbonyl (C=O) groups is 1. The van der Waals surface area contributed by atoms with Crippen LogP contribution in [0.4, 0.5) is 0 Å². The molecular formula is C10H10N2O2S. The third-order valence-electron chi connectivity index (χ3n) is 2.04. The Morgan fingerprint density at radius 1 is 1.60 bits per heavy atom. The molecule has 0 aromatic carbocycles. The molecule has 2 aromatic heterocycles. The van der Waals surface area contributed by atoms with E-state index in [1.807, 2.05) is 28.8 Å². The number of fused-ring (bicyclic) bond motifs is 1. The highest BCUT2D eigenvalue weighted by molar-refractivity contribution is 8.00. The highest BCUT2D eigenvalue weighted by Crippen LogP contribution is 2.23. The monoisotopic (exact) mass is 222 g/mol. The van der Waals surface area contributed by atoms with E-state index in [-0.39, 0.29) is 0 Å². The third-order valence-corrected chi connectivity index (χ3v) is 3.17. The van der Waals surface area contributed by atoms with E-state index in [0.29, 0.717) is 0 Å². The molecule has 0 aliphatic carbocycles. The summed E-state index contributed by atoms with van der Waals surface area (Å²) >= 11 is 1.31. The van der Waals surface area contributed by atoms with Crippen LogP contribution < -0.4 is 0 Å². The van der Waals surface area contributed by atoms with Crippen molar-refractivity contribution in [1.29, 1.82) is 0 Å². The van der Waals surface area contributed by atoms with Crippen LogP contribution in [0.15, 0.2) is 35.6 Å². The first kappa shape index (κ1) is 10.0. The van der Waals surface area contributed by atoms with Crippen LogP contribution >= 0.6 is 11.8 Å². The third kappa shape index (κ3) is 1.97. The van der Waals surface area contributed by atoms with Crippen molar-refractivity contribution in [3.05, 3.63) is 30.6 Å². The normalized spacial score (nSPS) is 12.9. The van der Waals surface area contributed by atoms with Crippen LogP contribution in [-0.2, 0) is 4.79 Å². The zero-order valence-corrected chi connectivity index (χ0v) is 8.94. The second kappa shape index (κ2) is 3.94. The average molecular weight is 222 g/mol. The molecule has 0 bridgehead atoms. The zero-order valence-electron chi connectivity index (χ0n) is 8.12. The van der Waals surface area contributed by atoms with Crippen molar-refractivity contribution < 1.29 is 9.90 Å². The molecule has 78 valence electrons. The van der Waals surface area contributed by atoms with Gasteiger partial charge >= 0.3 is 5.97 Å². The Morgan fingerprint density at radius 3 is 3.13 bits per heavy atom. The van der Waals surface area contributed by atoms with E-state index in [1.54, 1.807) is 13.1 Å². The van der Waals surface area contributed by atoms with E-state index >= 15 is 0 Å². The van der Waals surface area contributed by atoms with Gasteiger partial charge in [0.15, 0.2) is 0 Å². The van der Waals surface area contributed by atoms with Crippen molar-refractivity contribution in [1.82, 2.24) is 9.38 Å². The highest BCUT2D eigenvalue weighted by Gasteiger charge is 2.13. The van der Waals surface area contributed by atoms with Crippen LogP contribution in [0.25, 0.3) is 5.65 Å². The molecule has 0 saturated carbocycles. The molecule has 4 nitrogen and oxygen atoms in total. The second-order valence-electron chi connectivity index (χ2n) is 3.12. The van der Waals surface area contributed by atoms with Gasteiger partial charge in [0, 0.05) is 12.4 Å². The molecule has 0 aliphatic rings. The largest absolute Gasteiger partial charge is 0.480 e. The molecule has 2 aromatic rings. The number of rotatable bonds is 3. The predicted molar refractivity (Wildman–Crippen MR) is 58.1 cm³/mol. The van der Waals surface area contributed by atoms with Gasteiger partial charge in [-0.15, -0.1) is 0 Å². The number of nitrogens with zero attached hydrogens (tertiary/aromatic N) is 2. The second-order valence-corrected chi connectivity index (χ2v) is 4.48. The number of aliphatic carboxylic acids is 1. The lowest BCUT2D eigenvalue weighted by molar-refractivity contribution is -0.136. The predicted octanol–water partition coefficient (Wildman–Crippen LogP) is 1.90. The van der Waals surface area contributed by atoms with E-state index in [1.165, 1.54) is 11.8 Å². The summed E-state index contributed by atoms with van der Waals surface area (Å²) in [5.74, 6) is -0.808. The maximum absolute atomic E-state index is 10.7. The highest BCUT2D eigenvalue weighted by atomic mass is 32.2. The van der Waals surface area contributed by atoms with Gasteiger partial charge in [0.1, 0.15) is 10.9 Å². The quantitative estimate of drug-likeness (QED) is 0.806. The summed E-state index contributed by atoms with van der Waals surface area (Å²) in [5, 5.41) is 9.25. The first-order valence-corrected chi connectivity index (χ1v) is 5.38. The minimum absolute atomic E-state index is 0.460. The summed E-state index contributed by atoms with van der Waals surface area (Å²) < 4.78 is 1.88. The lowest BCUT2D eigenvalue weighted by Gasteiger charge is -2.07. The molecule has 0 fully saturated rings. The van der Waals surface area contributed by atoms with E-state index in [2.05, 4.69) is 4.98 Å². The molecule has 0 amide bonds. The maximum atomic E-state index is 10.7. The Morgan fingerprint density at radius 2 is 2.40 bits per heavy atom. The van der Waals surface area contributed by atoms with Gasteiger partial charge in [-0.25, -0.2) is 4.98 Å². The molecule has 0 saturated heterocycles. The zero-order chi connectivity index (χ0) is 10.8. The molecule has 2 heterocycles. The molecule has 0 spiro atoms. The maximum Gasteiger partial charge on any atom is 0.316 e. The van der Waals surface area contributed by atoms with Gasteiger partial charge in [0.05, 0.1) is 5.03 Å². The SMILES string of the molecule is CC(Sc1cccc2nccn12)C(=O)O. The minimum atomic E-state index is -0.808. The summed E-state index contributed by atoms with van der Waals surface area (Å²) in [5.41, 5.74) is 0.831. The first-order valence-electron chi connectivity index (χ1n) is 4.50. The van der Waals surface area contributed by atoms with Gasteiger partial charge in [-0.05, 0) is 19.1 Å². The lowest BCUT2D eigenvalue weighted by Crippen LogP contribution is -2.11. The number of imidazole rings is 1. The van der Waals surface area contributed by atoms with E-state index in [9.17, 15) is 4.79 Å². The Labute approximate surface area is 90.9 Å². The number of hydrogen-bond donors (Lipinski definition) is 1. The molecule has 0 aliphatic heterocycles. The fraction of sp³-hybridized carbons (Fsp3) is 0.200. The van der Waals surface area contributed by atoms with Crippen molar-refractivity contribution >= 4 is 23.4 Å². The number of carboxylic acids is 1. The van der Waals surface area contributed by atoms with Gasteiger partial charge in [-0.3, -0.25) is 9.20 Å². The van der Waals surface area contributed by atoms with E-state index in [0.717, 1.165) is 10.7 Å². The molecular weight excluding hydrogens is 212 g/mol. The van der Waals surface area contributed by atoms with Crippen molar-refractivity contribution in [2.75, 3.05) is 0 Å². The van der Waals surface area contributed by atoms with Crippen LogP contribution in [0.3, 0.4) is 0 Å². The smallest absolute Gasteiger partial charge is 0.316 e. The number of thioether (sulfide) groups is 1. The Kier molecular flexibility index (Phi) is 2.64. The number of pyridine rings is 1. The van der Waals surface area contributed by atoms with Crippen LogP contribution in [-0.4, -0.2) is 25.7 Å². The topological polar surface area (TPSA) is 54.6 Å². The minimum Gasteiger partial charge on any atom is -0.480 e. The van der Waals surface area contributed by atoms with E-state index in [4.69, 9.17) is 5.11 Å². The average Bonchev–Trinajstić information content (AvgIpc) is 2.66. The molecule has 1 atom stereocenters. The van der Waals surface area contributed by atoms with Gasteiger partial charge in [-0.2, -0.15) is 0 Å². The van der Waals surface area contributed by atoms with Crippen molar-refractivity contribution in [2.45, 2.75) is 17.2 Å². The molecule has 1 N–H and O–H groups in total. The summed E-state index contributed by atoms with van der Waals surface area (Å²) in [4.78, 5) is 14.9. The van der Waals surface area contributed by atoms with Crippen LogP contribution in [0.5, 0.6) is 0 Å². The van der Waals surface area contributed by atoms with Gasteiger partial charge < -0.3 is 5.11 Å². The molecule has 2 rings (SSSR count). The Balaban J connectivity index is 2.35. The molecule has 1 unspecified atom stereocenters.